The number of rotatable bonds is 18. The first kappa shape index (κ1) is 40.6. The summed E-state index contributed by atoms with van der Waals surface area (Å²) in [5.41, 5.74) is 6.40. The van der Waals surface area contributed by atoms with E-state index in [2.05, 4.69) is 57.2 Å². The number of nitrogens with zero attached hydrogens (tertiary/aromatic N) is 1. The van der Waals surface area contributed by atoms with Crippen molar-refractivity contribution in [2.75, 3.05) is 39.3 Å². The molecule has 0 spiro atoms. The van der Waals surface area contributed by atoms with E-state index in [0.717, 1.165) is 111 Å². The first-order valence-electron chi connectivity index (χ1n) is 20.5. The second-order valence-corrected chi connectivity index (χ2v) is 16.3. The predicted molar refractivity (Wildman–Crippen MR) is 214 cm³/mol. The maximum atomic E-state index is 12.4. The average molecular weight is 753 g/mol. The van der Waals surface area contributed by atoms with Crippen molar-refractivity contribution in [3.8, 4) is 0 Å². The molecule has 3 atom stereocenters. The minimum Gasteiger partial charge on any atom is -0.481 e. The van der Waals surface area contributed by atoms with Crippen LogP contribution in [0.2, 0.25) is 0 Å². The molecule has 3 heterocycles. The molecule has 3 saturated heterocycles. The molecule has 3 aromatic carbocycles. The van der Waals surface area contributed by atoms with Gasteiger partial charge in [-0.05, 0) is 148 Å². The Balaban J connectivity index is 1.22. The van der Waals surface area contributed by atoms with Gasteiger partial charge in [0.1, 0.15) is 0 Å². The summed E-state index contributed by atoms with van der Waals surface area (Å²) < 4.78 is 0. The zero-order valence-corrected chi connectivity index (χ0v) is 32.1. The second-order valence-electron chi connectivity index (χ2n) is 16.3. The van der Waals surface area contributed by atoms with E-state index >= 15 is 0 Å². The third-order valence-electron chi connectivity index (χ3n) is 12.4. The van der Waals surface area contributed by atoms with Gasteiger partial charge in [-0.3, -0.25) is 19.3 Å². The Bertz CT molecular complexity index is 1520. The molecule has 0 bridgehead atoms. The summed E-state index contributed by atoms with van der Waals surface area (Å²) in [5.74, 6) is -2.97. The van der Waals surface area contributed by atoms with Gasteiger partial charge in [0.15, 0.2) is 0 Å². The minimum atomic E-state index is -0.728. The van der Waals surface area contributed by atoms with Crippen LogP contribution in [0.4, 0.5) is 0 Å². The van der Waals surface area contributed by atoms with Gasteiger partial charge in [0.05, 0.1) is 17.8 Å². The van der Waals surface area contributed by atoms with E-state index in [0.29, 0.717) is 38.9 Å². The number of piperidine rings is 3. The van der Waals surface area contributed by atoms with Crippen LogP contribution in [0.25, 0.3) is 0 Å². The highest BCUT2D eigenvalue weighted by Gasteiger charge is 2.32. The molecular formula is C45H60N4O6. The first-order valence-corrected chi connectivity index (χ1v) is 20.5. The van der Waals surface area contributed by atoms with Crippen LogP contribution in [0.15, 0.2) is 72.8 Å². The number of hydrogen-bond donors (Lipinski definition) is 6. The van der Waals surface area contributed by atoms with Crippen LogP contribution in [0.3, 0.4) is 0 Å². The maximum Gasteiger partial charge on any atom is 0.307 e. The Morgan fingerprint density at radius 3 is 0.982 bits per heavy atom. The lowest BCUT2D eigenvalue weighted by atomic mass is 9.81. The van der Waals surface area contributed by atoms with Crippen molar-refractivity contribution in [3.63, 3.8) is 0 Å². The van der Waals surface area contributed by atoms with Crippen molar-refractivity contribution in [2.45, 2.75) is 77.4 Å². The average Bonchev–Trinajstić information content (AvgIpc) is 3.19. The van der Waals surface area contributed by atoms with Crippen LogP contribution >= 0.6 is 0 Å². The lowest BCUT2D eigenvalue weighted by Crippen LogP contribution is -2.35. The Morgan fingerprint density at radius 1 is 0.473 bits per heavy atom. The summed E-state index contributed by atoms with van der Waals surface area (Å²) >= 11 is 0. The molecule has 3 aliphatic rings. The Hall–Kier alpha value is -4.09. The zero-order chi connectivity index (χ0) is 38.6. The van der Waals surface area contributed by atoms with Gasteiger partial charge in [-0.25, -0.2) is 0 Å². The van der Waals surface area contributed by atoms with Crippen molar-refractivity contribution in [1.82, 2.24) is 20.9 Å². The number of carboxylic acid groups (broad SMARTS) is 3. The van der Waals surface area contributed by atoms with Gasteiger partial charge in [0.25, 0.3) is 0 Å². The molecule has 0 radical (unpaired) electrons. The summed E-state index contributed by atoms with van der Waals surface area (Å²) in [5, 5.41) is 40.6. The van der Waals surface area contributed by atoms with Crippen LogP contribution in [-0.2, 0) is 53.3 Å². The molecule has 10 heteroatoms. The zero-order valence-electron chi connectivity index (χ0n) is 32.1. The van der Waals surface area contributed by atoms with E-state index < -0.39 is 35.7 Å². The fourth-order valence-electron chi connectivity index (χ4n) is 9.38. The summed E-state index contributed by atoms with van der Waals surface area (Å²) in [6.45, 7) is 7.04. The molecular weight excluding hydrogens is 693 g/mol. The molecule has 6 N–H and O–H groups in total. The van der Waals surface area contributed by atoms with E-state index in [1.165, 1.54) is 0 Å². The van der Waals surface area contributed by atoms with Crippen LogP contribution in [0, 0.1) is 35.5 Å². The van der Waals surface area contributed by atoms with Gasteiger partial charge in [-0.2, -0.15) is 0 Å². The summed E-state index contributed by atoms with van der Waals surface area (Å²) in [4.78, 5) is 39.6. The number of aliphatic carboxylic acids is 3. The molecule has 0 aliphatic carbocycles. The van der Waals surface area contributed by atoms with Gasteiger partial charge < -0.3 is 31.3 Å². The third kappa shape index (κ3) is 12.0. The second kappa shape index (κ2) is 20.2. The highest BCUT2D eigenvalue weighted by atomic mass is 16.4. The van der Waals surface area contributed by atoms with Crippen molar-refractivity contribution in [2.24, 2.45) is 35.5 Å². The molecule has 0 aromatic heterocycles. The van der Waals surface area contributed by atoms with E-state index in [9.17, 15) is 29.7 Å². The standard InChI is InChI=1S/C45H60N4O6/c50-43(51)40(37-10-16-46-17-11-37)25-31-4-1-7-34(22-31)28-49(29-35-8-2-5-32(23-35)26-41(44(52)53)38-12-18-47-19-13-38)30-36-9-3-6-33(24-36)27-42(45(54)55)39-14-20-48-21-15-39/h1-9,22-24,37-42,46-48H,10-21,25-30H2,(H,50,51)(H,52,53)(H,54,55). The molecule has 10 nitrogen and oxygen atoms in total. The number of benzene rings is 3. The first-order chi connectivity index (χ1) is 26.7. The van der Waals surface area contributed by atoms with Crippen LogP contribution in [-0.4, -0.2) is 77.4 Å². The topological polar surface area (TPSA) is 151 Å². The highest BCUT2D eigenvalue weighted by molar-refractivity contribution is 5.72. The highest BCUT2D eigenvalue weighted by Crippen LogP contribution is 2.30. The number of hydrogen-bond acceptors (Lipinski definition) is 7. The molecule has 3 aliphatic heterocycles. The lowest BCUT2D eigenvalue weighted by Gasteiger charge is -2.29. The van der Waals surface area contributed by atoms with E-state index in [4.69, 9.17) is 0 Å². The van der Waals surface area contributed by atoms with Gasteiger partial charge in [0, 0.05) is 19.6 Å². The van der Waals surface area contributed by atoms with E-state index in [-0.39, 0.29) is 17.8 Å². The molecule has 3 unspecified atom stereocenters. The number of carboxylic acids is 3. The summed E-state index contributed by atoms with van der Waals surface area (Å²) in [7, 11) is 0. The van der Waals surface area contributed by atoms with Gasteiger partial charge in [0.2, 0.25) is 0 Å². The third-order valence-corrected chi connectivity index (χ3v) is 12.4. The lowest BCUT2D eigenvalue weighted by molar-refractivity contribution is -0.145. The molecule has 6 rings (SSSR count). The fourth-order valence-corrected chi connectivity index (χ4v) is 9.38. The fraction of sp³-hybridized carbons (Fsp3) is 0.533. The molecule has 0 saturated carbocycles. The molecule has 55 heavy (non-hydrogen) atoms. The van der Waals surface area contributed by atoms with Crippen LogP contribution < -0.4 is 16.0 Å². The number of carbonyl (C=O) groups is 3. The van der Waals surface area contributed by atoms with Crippen molar-refractivity contribution >= 4 is 17.9 Å². The van der Waals surface area contributed by atoms with Gasteiger partial charge in [-0.1, -0.05) is 72.8 Å². The minimum absolute atomic E-state index is 0.157. The Morgan fingerprint density at radius 2 is 0.727 bits per heavy atom. The van der Waals surface area contributed by atoms with Crippen LogP contribution in [0.1, 0.15) is 71.9 Å². The quantitative estimate of drug-likeness (QED) is 0.0967. The molecule has 3 aromatic rings. The number of nitrogens with one attached hydrogen (secondary N) is 3. The van der Waals surface area contributed by atoms with Gasteiger partial charge >= 0.3 is 17.9 Å². The largest absolute Gasteiger partial charge is 0.481 e. The van der Waals surface area contributed by atoms with Crippen molar-refractivity contribution < 1.29 is 29.7 Å². The molecule has 0 amide bonds. The Labute approximate surface area is 326 Å². The Kier molecular flexibility index (Phi) is 14.9. The van der Waals surface area contributed by atoms with Gasteiger partial charge in [-0.15, -0.1) is 0 Å². The van der Waals surface area contributed by atoms with Crippen LogP contribution in [0.5, 0.6) is 0 Å². The summed E-state index contributed by atoms with van der Waals surface area (Å²) in [6.07, 6.45) is 6.75. The maximum absolute atomic E-state index is 12.4. The monoisotopic (exact) mass is 752 g/mol. The van der Waals surface area contributed by atoms with E-state index in [1.807, 2.05) is 36.4 Å². The SMILES string of the molecule is O=C(O)C(Cc1cccc(CN(Cc2cccc(CC(C(=O)O)C3CCNCC3)c2)Cc2cccc(CC(C(=O)O)C3CCNCC3)c2)c1)C1CCNCC1. The molecule has 3 fully saturated rings. The smallest absolute Gasteiger partial charge is 0.307 e. The molecule has 296 valence electrons. The van der Waals surface area contributed by atoms with E-state index in [1.54, 1.807) is 0 Å². The van der Waals surface area contributed by atoms with Crippen molar-refractivity contribution in [3.05, 3.63) is 106 Å². The summed E-state index contributed by atoms with van der Waals surface area (Å²) in [6, 6.07) is 25.0. The normalized spacial score (nSPS) is 19.1. The predicted octanol–water partition coefficient (Wildman–Crippen LogP) is 5.62. The van der Waals surface area contributed by atoms with Crippen molar-refractivity contribution in [1.29, 1.82) is 0 Å².